The van der Waals surface area contributed by atoms with Gasteiger partial charge < -0.3 is 8.83 Å². The molecule has 48 heavy (non-hydrogen) atoms. The molecule has 224 valence electrons. The lowest BCUT2D eigenvalue weighted by Crippen LogP contribution is -2.01. The third-order valence-corrected chi connectivity index (χ3v) is 9.14. The fraction of sp³-hybridized carbons (Fsp3) is 0. The molecule has 0 aliphatic carbocycles. The highest BCUT2D eigenvalue weighted by atomic mass is 16.3. The Labute approximate surface area is 274 Å². The van der Waals surface area contributed by atoms with Gasteiger partial charge in [-0.25, -0.2) is 15.0 Å². The Morgan fingerprint density at radius 3 is 1.77 bits per heavy atom. The fourth-order valence-electron chi connectivity index (χ4n) is 6.89. The maximum absolute atomic E-state index is 6.59. The van der Waals surface area contributed by atoms with E-state index in [0.29, 0.717) is 17.5 Å². The molecule has 0 saturated heterocycles. The van der Waals surface area contributed by atoms with Crippen LogP contribution in [0.15, 0.2) is 160 Å². The van der Waals surface area contributed by atoms with Crippen LogP contribution >= 0.6 is 0 Å². The zero-order chi connectivity index (χ0) is 31.6. The molecule has 0 atom stereocenters. The van der Waals surface area contributed by atoms with E-state index in [1.807, 2.05) is 66.7 Å². The van der Waals surface area contributed by atoms with Crippen molar-refractivity contribution in [1.29, 1.82) is 0 Å². The minimum atomic E-state index is 0.573. The number of hydrogen-bond acceptors (Lipinski definition) is 5. The van der Waals surface area contributed by atoms with E-state index in [4.69, 9.17) is 23.8 Å². The van der Waals surface area contributed by atoms with Crippen molar-refractivity contribution in [2.24, 2.45) is 0 Å². The van der Waals surface area contributed by atoms with Crippen LogP contribution in [0.3, 0.4) is 0 Å². The number of para-hydroxylation sites is 2. The molecule has 10 rings (SSSR count). The van der Waals surface area contributed by atoms with Crippen LogP contribution < -0.4 is 0 Å². The van der Waals surface area contributed by atoms with Crippen LogP contribution in [-0.2, 0) is 0 Å². The van der Waals surface area contributed by atoms with Crippen molar-refractivity contribution in [3.63, 3.8) is 0 Å². The number of fused-ring (bicyclic) bond motifs is 7. The molecule has 0 radical (unpaired) electrons. The van der Waals surface area contributed by atoms with Gasteiger partial charge in [0.05, 0.1) is 0 Å². The smallest absolute Gasteiger partial charge is 0.164 e. The summed E-state index contributed by atoms with van der Waals surface area (Å²) in [6.45, 7) is 0. The SMILES string of the molecule is c1ccc(-c2ccc(-c3nc(-c4ccc5ccccc5c4)nc(-c4cccc5oc6ccccc6c45)n3)c3c2oc2ccccc23)cc1. The minimum absolute atomic E-state index is 0.573. The number of benzene rings is 7. The second kappa shape index (κ2) is 10.5. The van der Waals surface area contributed by atoms with Crippen LogP contribution in [0.2, 0.25) is 0 Å². The first-order valence-corrected chi connectivity index (χ1v) is 15.9. The topological polar surface area (TPSA) is 65.0 Å². The van der Waals surface area contributed by atoms with Crippen LogP contribution in [0.5, 0.6) is 0 Å². The zero-order valence-corrected chi connectivity index (χ0v) is 25.6. The van der Waals surface area contributed by atoms with Crippen LogP contribution in [-0.4, -0.2) is 15.0 Å². The Morgan fingerprint density at radius 2 is 0.958 bits per heavy atom. The van der Waals surface area contributed by atoms with E-state index in [2.05, 4.69) is 84.9 Å². The molecule has 5 heteroatoms. The standard InChI is InChI=1S/C43H25N3O2/c1-2-12-27(13-3-1)30-23-24-34(39-32-16-7-9-19-36(32)48-40(30)39)43-45-41(29-22-21-26-11-4-5-14-28(26)25-29)44-42(46-43)33-17-10-20-37-38(33)31-15-6-8-18-35(31)47-37/h1-25H. The summed E-state index contributed by atoms with van der Waals surface area (Å²) in [5.41, 5.74) is 8.01. The van der Waals surface area contributed by atoms with Crippen LogP contribution in [0.1, 0.15) is 0 Å². The van der Waals surface area contributed by atoms with Gasteiger partial charge in [-0.05, 0) is 52.7 Å². The zero-order valence-electron chi connectivity index (χ0n) is 25.6. The lowest BCUT2D eigenvalue weighted by Gasteiger charge is -2.11. The molecular weight excluding hydrogens is 590 g/mol. The summed E-state index contributed by atoms with van der Waals surface area (Å²) < 4.78 is 12.8. The summed E-state index contributed by atoms with van der Waals surface area (Å²) >= 11 is 0. The molecule has 0 spiro atoms. The van der Waals surface area contributed by atoms with Gasteiger partial charge in [-0.3, -0.25) is 0 Å². The molecule has 0 unspecified atom stereocenters. The Morgan fingerprint density at radius 1 is 0.354 bits per heavy atom. The van der Waals surface area contributed by atoms with Gasteiger partial charge in [0, 0.05) is 43.8 Å². The largest absolute Gasteiger partial charge is 0.456 e. The average molecular weight is 616 g/mol. The summed E-state index contributed by atoms with van der Waals surface area (Å²) in [5.74, 6) is 1.75. The van der Waals surface area contributed by atoms with E-state index in [1.54, 1.807) is 0 Å². The molecule has 0 amide bonds. The maximum Gasteiger partial charge on any atom is 0.164 e. The molecular formula is C43H25N3O2. The average Bonchev–Trinajstić information content (AvgIpc) is 3.74. The number of hydrogen-bond donors (Lipinski definition) is 0. The van der Waals surface area contributed by atoms with E-state index < -0.39 is 0 Å². The second-order valence-electron chi connectivity index (χ2n) is 12.0. The van der Waals surface area contributed by atoms with Crippen molar-refractivity contribution < 1.29 is 8.83 Å². The molecule has 0 bridgehead atoms. The highest BCUT2D eigenvalue weighted by Gasteiger charge is 2.22. The van der Waals surface area contributed by atoms with E-state index in [0.717, 1.165) is 82.5 Å². The van der Waals surface area contributed by atoms with Crippen LogP contribution in [0, 0.1) is 0 Å². The third-order valence-electron chi connectivity index (χ3n) is 9.14. The molecule has 5 nitrogen and oxygen atoms in total. The van der Waals surface area contributed by atoms with Crippen LogP contribution in [0.25, 0.3) is 99.9 Å². The quantitative estimate of drug-likeness (QED) is 0.197. The molecule has 0 N–H and O–H groups in total. The number of furan rings is 2. The normalized spacial score (nSPS) is 11.8. The van der Waals surface area contributed by atoms with Crippen molar-refractivity contribution in [3.8, 4) is 45.3 Å². The van der Waals surface area contributed by atoms with Gasteiger partial charge in [0.2, 0.25) is 0 Å². The Bertz CT molecular complexity index is 2850. The highest BCUT2D eigenvalue weighted by molar-refractivity contribution is 6.16. The molecule has 0 saturated carbocycles. The first-order valence-electron chi connectivity index (χ1n) is 15.9. The molecule has 10 aromatic rings. The van der Waals surface area contributed by atoms with E-state index in [1.165, 1.54) is 0 Å². The van der Waals surface area contributed by atoms with Crippen molar-refractivity contribution in [2.45, 2.75) is 0 Å². The van der Waals surface area contributed by atoms with E-state index in [9.17, 15) is 0 Å². The Balaban J connectivity index is 1.29. The lowest BCUT2D eigenvalue weighted by atomic mass is 9.98. The van der Waals surface area contributed by atoms with Gasteiger partial charge in [0.15, 0.2) is 17.5 Å². The third kappa shape index (κ3) is 4.15. The predicted molar refractivity (Wildman–Crippen MR) is 194 cm³/mol. The van der Waals surface area contributed by atoms with Crippen molar-refractivity contribution in [1.82, 2.24) is 15.0 Å². The summed E-state index contributed by atoms with van der Waals surface area (Å²) in [6.07, 6.45) is 0. The molecule has 0 aliphatic heterocycles. The molecule has 0 fully saturated rings. The van der Waals surface area contributed by atoms with Gasteiger partial charge in [-0.15, -0.1) is 0 Å². The first-order chi connectivity index (χ1) is 23.8. The number of aromatic nitrogens is 3. The monoisotopic (exact) mass is 615 g/mol. The van der Waals surface area contributed by atoms with Gasteiger partial charge in [-0.1, -0.05) is 115 Å². The number of nitrogens with zero attached hydrogens (tertiary/aromatic N) is 3. The van der Waals surface area contributed by atoms with Gasteiger partial charge >= 0.3 is 0 Å². The maximum atomic E-state index is 6.59. The predicted octanol–water partition coefficient (Wildman–Crippen LogP) is 11.5. The van der Waals surface area contributed by atoms with Crippen LogP contribution in [0.4, 0.5) is 0 Å². The molecule has 3 aromatic heterocycles. The first kappa shape index (κ1) is 26.6. The van der Waals surface area contributed by atoms with Crippen molar-refractivity contribution >= 4 is 54.6 Å². The van der Waals surface area contributed by atoms with Gasteiger partial charge in [-0.2, -0.15) is 0 Å². The second-order valence-corrected chi connectivity index (χ2v) is 12.0. The summed E-state index contributed by atoms with van der Waals surface area (Å²) in [5, 5.41) is 6.27. The molecule has 3 heterocycles. The summed E-state index contributed by atoms with van der Waals surface area (Å²) in [7, 11) is 0. The highest BCUT2D eigenvalue weighted by Crippen LogP contribution is 2.42. The number of rotatable bonds is 4. The van der Waals surface area contributed by atoms with Crippen molar-refractivity contribution in [2.75, 3.05) is 0 Å². The Hall–Kier alpha value is -6.59. The molecule has 7 aromatic carbocycles. The van der Waals surface area contributed by atoms with E-state index in [-0.39, 0.29) is 0 Å². The van der Waals surface area contributed by atoms with Gasteiger partial charge in [0.25, 0.3) is 0 Å². The summed E-state index contributed by atoms with van der Waals surface area (Å²) in [6, 6.07) is 51.6. The Kier molecular flexibility index (Phi) is 5.81. The fourth-order valence-corrected chi connectivity index (χ4v) is 6.89. The lowest BCUT2D eigenvalue weighted by molar-refractivity contribution is 0.669. The summed E-state index contributed by atoms with van der Waals surface area (Å²) in [4.78, 5) is 15.6. The van der Waals surface area contributed by atoms with Gasteiger partial charge in [0.1, 0.15) is 22.3 Å². The molecule has 0 aliphatic rings. The van der Waals surface area contributed by atoms with E-state index >= 15 is 0 Å². The minimum Gasteiger partial charge on any atom is -0.456 e. The van der Waals surface area contributed by atoms with Crippen molar-refractivity contribution in [3.05, 3.63) is 152 Å².